The van der Waals surface area contributed by atoms with Crippen LogP contribution in [0, 0.1) is 0 Å². The topological polar surface area (TPSA) is 79.5 Å². The zero-order valence-electron chi connectivity index (χ0n) is 11.1. The molecule has 1 aliphatic rings. The molecule has 0 saturated heterocycles. The van der Waals surface area contributed by atoms with Gasteiger partial charge in [-0.2, -0.15) is 0 Å². The molecule has 0 aromatic rings. The first kappa shape index (κ1) is 14.9. The van der Waals surface area contributed by atoms with Crippen LogP contribution in [0.3, 0.4) is 0 Å². The second-order valence-electron chi connectivity index (χ2n) is 4.69. The first-order valence-corrected chi connectivity index (χ1v) is 6.40. The Bertz CT molecular complexity index is 280. The Morgan fingerprint density at radius 3 is 2.67 bits per heavy atom. The molecule has 0 aliphatic heterocycles. The molecule has 1 unspecified atom stereocenters. The van der Waals surface area contributed by atoms with Gasteiger partial charge < -0.3 is 20.7 Å². The molecule has 6 nitrogen and oxygen atoms in total. The third-order valence-corrected chi connectivity index (χ3v) is 2.58. The van der Waals surface area contributed by atoms with Gasteiger partial charge in [-0.25, -0.2) is 0 Å². The Kier molecular flexibility index (Phi) is 6.67. The van der Waals surface area contributed by atoms with E-state index in [0.717, 1.165) is 12.8 Å². The van der Waals surface area contributed by atoms with Crippen LogP contribution in [0.5, 0.6) is 0 Å². The van der Waals surface area contributed by atoms with E-state index in [1.165, 1.54) is 0 Å². The predicted molar refractivity (Wildman–Crippen MR) is 68.1 cm³/mol. The molecule has 2 amide bonds. The average molecular weight is 257 g/mol. The molecular weight excluding hydrogens is 234 g/mol. The highest BCUT2D eigenvalue weighted by molar-refractivity contribution is 5.79. The van der Waals surface area contributed by atoms with E-state index in [-0.39, 0.29) is 24.4 Å². The fraction of sp³-hybridized carbons (Fsp3) is 0.833. The Hall–Kier alpha value is -1.14. The maximum atomic E-state index is 11.4. The summed E-state index contributed by atoms with van der Waals surface area (Å²) in [6.07, 6.45) is 2.61. The zero-order chi connectivity index (χ0) is 13.4. The molecule has 0 aromatic heterocycles. The van der Waals surface area contributed by atoms with Crippen LogP contribution < -0.4 is 16.0 Å². The molecule has 0 aromatic carbocycles. The van der Waals surface area contributed by atoms with Gasteiger partial charge in [-0.05, 0) is 19.8 Å². The standard InChI is InChI=1S/C12H23N3O3/c1-9(8-18-2)14-12(17)7-13-6-5-11(16)15-10-3-4-10/h9-10,13H,3-8H2,1-2H3,(H,14,17)(H,15,16). The summed E-state index contributed by atoms with van der Waals surface area (Å²) in [6, 6.07) is 0.401. The van der Waals surface area contributed by atoms with E-state index in [0.29, 0.717) is 25.6 Å². The molecule has 0 heterocycles. The molecule has 3 N–H and O–H groups in total. The van der Waals surface area contributed by atoms with Crippen molar-refractivity contribution in [2.45, 2.75) is 38.3 Å². The molecule has 1 atom stereocenters. The normalized spacial score (nSPS) is 16.1. The van der Waals surface area contributed by atoms with E-state index >= 15 is 0 Å². The van der Waals surface area contributed by atoms with Crippen molar-refractivity contribution >= 4 is 11.8 Å². The van der Waals surface area contributed by atoms with Crippen LogP contribution in [0.2, 0.25) is 0 Å². The van der Waals surface area contributed by atoms with Crippen molar-refractivity contribution in [2.24, 2.45) is 0 Å². The summed E-state index contributed by atoms with van der Waals surface area (Å²) in [5.41, 5.74) is 0. The second kappa shape index (κ2) is 8.05. The summed E-state index contributed by atoms with van der Waals surface area (Å²) in [6.45, 7) is 3.12. The average Bonchev–Trinajstić information content (AvgIpc) is 3.08. The lowest BCUT2D eigenvalue weighted by Crippen LogP contribution is -2.41. The monoisotopic (exact) mass is 257 g/mol. The van der Waals surface area contributed by atoms with E-state index in [4.69, 9.17) is 4.74 Å². The van der Waals surface area contributed by atoms with Gasteiger partial charge in [0.25, 0.3) is 0 Å². The SMILES string of the molecule is COCC(C)NC(=O)CNCCC(=O)NC1CC1. The van der Waals surface area contributed by atoms with Crippen molar-refractivity contribution in [3.05, 3.63) is 0 Å². The first-order valence-electron chi connectivity index (χ1n) is 6.40. The quantitative estimate of drug-likeness (QED) is 0.482. The Labute approximate surface area is 108 Å². The van der Waals surface area contributed by atoms with E-state index in [2.05, 4.69) is 16.0 Å². The van der Waals surface area contributed by atoms with E-state index in [1.807, 2.05) is 6.92 Å². The van der Waals surface area contributed by atoms with Gasteiger partial charge in [-0.3, -0.25) is 9.59 Å². The van der Waals surface area contributed by atoms with Crippen molar-refractivity contribution in [3.8, 4) is 0 Å². The maximum Gasteiger partial charge on any atom is 0.234 e. The molecule has 1 rings (SSSR count). The Morgan fingerprint density at radius 2 is 2.06 bits per heavy atom. The largest absolute Gasteiger partial charge is 0.383 e. The third kappa shape index (κ3) is 7.24. The number of amides is 2. The van der Waals surface area contributed by atoms with Gasteiger partial charge in [-0.15, -0.1) is 0 Å². The number of carbonyl (C=O) groups excluding carboxylic acids is 2. The zero-order valence-corrected chi connectivity index (χ0v) is 11.1. The van der Waals surface area contributed by atoms with Crippen molar-refractivity contribution in [2.75, 3.05) is 26.8 Å². The highest BCUT2D eigenvalue weighted by Gasteiger charge is 2.22. The van der Waals surface area contributed by atoms with Crippen molar-refractivity contribution in [1.82, 2.24) is 16.0 Å². The first-order chi connectivity index (χ1) is 8.61. The molecule has 1 fully saturated rings. The number of ether oxygens (including phenoxy) is 1. The number of hydrogen-bond acceptors (Lipinski definition) is 4. The minimum absolute atomic E-state index is 0.00228. The fourth-order valence-corrected chi connectivity index (χ4v) is 1.55. The van der Waals surface area contributed by atoms with Crippen LogP contribution in [-0.4, -0.2) is 50.7 Å². The maximum absolute atomic E-state index is 11.4. The lowest BCUT2D eigenvalue weighted by Gasteiger charge is -2.13. The molecule has 1 aliphatic carbocycles. The third-order valence-electron chi connectivity index (χ3n) is 2.58. The van der Waals surface area contributed by atoms with Gasteiger partial charge in [0.2, 0.25) is 11.8 Å². The van der Waals surface area contributed by atoms with Crippen LogP contribution in [0.25, 0.3) is 0 Å². The number of rotatable bonds is 9. The predicted octanol–water partition coefficient (Wildman–Crippen LogP) is -0.604. The number of carbonyl (C=O) groups is 2. The van der Waals surface area contributed by atoms with Crippen molar-refractivity contribution in [1.29, 1.82) is 0 Å². The highest BCUT2D eigenvalue weighted by atomic mass is 16.5. The number of methoxy groups -OCH3 is 1. The molecule has 18 heavy (non-hydrogen) atoms. The van der Waals surface area contributed by atoms with E-state index in [1.54, 1.807) is 7.11 Å². The molecular formula is C12H23N3O3. The summed E-state index contributed by atoms with van der Waals surface area (Å²) in [5, 5.41) is 8.62. The summed E-state index contributed by atoms with van der Waals surface area (Å²) < 4.78 is 4.92. The Morgan fingerprint density at radius 1 is 1.33 bits per heavy atom. The minimum atomic E-state index is -0.0813. The van der Waals surface area contributed by atoms with Crippen LogP contribution in [-0.2, 0) is 14.3 Å². The minimum Gasteiger partial charge on any atom is -0.383 e. The van der Waals surface area contributed by atoms with Crippen molar-refractivity contribution in [3.63, 3.8) is 0 Å². The molecule has 6 heteroatoms. The van der Waals surface area contributed by atoms with Gasteiger partial charge in [0.05, 0.1) is 13.2 Å². The smallest absolute Gasteiger partial charge is 0.234 e. The summed E-state index contributed by atoms with van der Waals surface area (Å²) in [5.74, 6) is -0.0275. The lowest BCUT2D eigenvalue weighted by atomic mass is 10.3. The van der Waals surface area contributed by atoms with Crippen LogP contribution in [0.15, 0.2) is 0 Å². The van der Waals surface area contributed by atoms with Crippen LogP contribution in [0.4, 0.5) is 0 Å². The van der Waals surface area contributed by atoms with Gasteiger partial charge >= 0.3 is 0 Å². The van der Waals surface area contributed by atoms with E-state index in [9.17, 15) is 9.59 Å². The second-order valence-corrected chi connectivity index (χ2v) is 4.69. The highest BCUT2D eigenvalue weighted by Crippen LogP contribution is 2.18. The molecule has 1 saturated carbocycles. The summed E-state index contributed by atoms with van der Waals surface area (Å²) >= 11 is 0. The molecule has 104 valence electrons. The van der Waals surface area contributed by atoms with Gasteiger partial charge in [0.1, 0.15) is 0 Å². The molecule has 0 radical (unpaired) electrons. The van der Waals surface area contributed by atoms with Gasteiger partial charge in [0, 0.05) is 32.2 Å². The Balaban J connectivity index is 1.95. The molecule has 0 bridgehead atoms. The number of nitrogens with one attached hydrogen (secondary N) is 3. The van der Waals surface area contributed by atoms with Gasteiger partial charge in [0.15, 0.2) is 0 Å². The molecule has 0 spiro atoms. The van der Waals surface area contributed by atoms with Crippen LogP contribution in [0.1, 0.15) is 26.2 Å². The van der Waals surface area contributed by atoms with Crippen molar-refractivity contribution < 1.29 is 14.3 Å². The summed E-state index contributed by atoms with van der Waals surface area (Å²) in [4.78, 5) is 22.8. The van der Waals surface area contributed by atoms with Crippen LogP contribution >= 0.6 is 0 Å². The summed E-state index contributed by atoms with van der Waals surface area (Å²) in [7, 11) is 1.60. The fourth-order valence-electron chi connectivity index (χ4n) is 1.55. The number of hydrogen-bond donors (Lipinski definition) is 3. The van der Waals surface area contributed by atoms with E-state index < -0.39 is 0 Å². The lowest BCUT2D eigenvalue weighted by molar-refractivity contribution is -0.122. The van der Waals surface area contributed by atoms with Gasteiger partial charge in [-0.1, -0.05) is 0 Å².